The molecule has 0 aromatic rings. The molecule has 0 aromatic heterocycles. The van der Waals surface area contributed by atoms with Crippen LogP contribution in [0.2, 0.25) is 0 Å². The van der Waals surface area contributed by atoms with E-state index < -0.39 is 11.8 Å². The van der Waals surface area contributed by atoms with E-state index in [2.05, 4.69) is 22.9 Å². The molecule has 0 saturated heterocycles. The SMILES string of the molecule is CCNCCOCCNCCOC(C)(C)C(F)CNC(C)=O. The third-order valence-electron chi connectivity index (χ3n) is 3.13. The zero-order chi connectivity index (χ0) is 16.8. The highest BCUT2D eigenvalue weighted by Crippen LogP contribution is 2.17. The number of ether oxygens (including phenoxy) is 2. The number of hydrogen-bond acceptors (Lipinski definition) is 5. The Bertz CT molecular complexity index is 291. The van der Waals surface area contributed by atoms with Gasteiger partial charge in [0, 0.05) is 26.6 Å². The lowest BCUT2D eigenvalue weighted by molar-refractivity contribution is -0.120. The topological polar surface area (TPSA) is 71.6 Å². The number of rotatable bonds is 14. The highest BCUT2D eigenvalue weighted by molar-refractivity contribution is 5.72. The summed E-state index contributed by atoms with van der Waals surface area (Å²) in [4.78, 5) is 10.8. The predicted molar refractivity (Wildman–Crippen MR) is 85.8 cm³/mol. The van der Waals surface area contributed by atoms with Gasteiger partial charge in [0.05, 0.1) is 32.0 Å². The number of likely N-dealkylation sites (N-methyl/N-ethyl adjacent to an activating group) is 1. The summed E-state index contributed by atoms with van der Waals surface area (Å²) in [5.74, 6) is -0.241. The van der Waals surface area contributed by atoms with E-state index in [9.17, 15) is 9.18 Å². The molecule has 7 heteroatoms. The van der Waals surface area contributed by atoms with Gasteiger partial charge in [0.15, 0.2) is 0 Å². The summed E-state index contributed by atoms with van der Waals surface area (Å²) in [5.41, 5.74) is -0.924. The van der Waals surface area contributed by atoms with E-state index >= 15 is 0 Å². The van der Waals surface area contributed by atoms with Crippen molar-refractivity contribution in [3.05, 3.63) is 0 Å². The van der Waals surface area contributed by atoms with Crippen molar-refractivity contribution in [2.45, 2.75) is 39.5 Å². The maximum Gasteiger partial charge on any atom is 0.216 e. The van der Waals surface area contributed by atoms with Crippen molar-refractivity contribution in [1.29, 1.82) is 0 Å². The minimum Gasteiger partial charge on any atom is -0.379 e. The zero-order valence-corrected chi connectivity index (χ0v) is 14.3. The van der Waals surface area contributed by atoms with Crippen molar-refractivity contribution in [1.82, 2.24) is 16.0 Å². The molecule has 1 amide bonds. The first-order valence-electron chi connectivity index (χ1n) is 7.91. The third kappa shape index (κ3) is 11.9. The fraction of sp³-hybridized carbons (Fsp3) is 0.933. The minimum absolute atomic E-state index is 0.0323. The van der Waals surface area contributed by atoms with Gasteiger partial charge in [-0.25, -0.2) is 4.39 Å². The molecule has 0 aliphatic heterocycles. The summed E-state index contributed by atoms with van der Waals surface area (Å²) in [5, 5.41) is 8.81. The molecule has 0 aliphatic rings. The van der Waals surface area contributed by atoms with E-state index in [1.54, 1.807) is 13.8 Å². The first-order valence-corrected chi connectivity index (χ1v) is 7.91. The van der Waals surface area contributed by atoms with Gasteiger partial charge in [-0.05, 0) is 20.4 Å². The number of amides is 1. The largest absolute Gasteiger partial charge is 0.379 e. The molecule has 132 valence electrons. The average molecular weight is 321 g/mol. The molecule has 0 rings (SSSR count). The van der Waals surface area contributed by atoms with Crippen molar-refractivity contribution in [2.75, 3.05) is 52.5 Å². The lowest BCUT2D eigenvalue weighted by atomic mass is 10.0. The second kappa shape index (κ2) is 12.8. The maximum absolute atomic E-state index is 13.9. The van der Waals surface area contributed by atoms with E-state index in [1.807, 2.05) is 0 Å². The van der Waals surface area contributed by atoms with Crippen molar-refractivity contribution >= 4 is 5.91 Å². The quantitative estimate of drug-likeness (QED) is 0.406. The number of carbonyl (C=O) groups excluding carboxylic acids is 1. The molecule has 0 heterocycles. The highest BCUT2D eigenvalue weighted by atomic mass is 19.1. The lowest BCUT2D eigenvalue weighted by Crippen LogP contribution is -2.44. The van der Waals surface area contributed by atoms with Gasteiger partial charge in [-0.3, -0.25) is 4.79 Å². The number of alkyl halides is 1. The molecular formula is C15H32FN3O3. The summed E-state index contributed by atoms with van der Waals surface area (Å²) < 4.78 is 24.9. The first kappa shape index (κ1) is 21.2. The van der Waals surface area contributed by atoms with Crippen LogP contribution in [0.4, 0.5) is 4.39 Å². The molecule has 0 aromatic carbocycles. The van der Waals surface area contributed by atoms with Crippen LogP contribution in [0.15, 0.2) is 0 Å². The molecule has 0 radical (unpaired) electrons. The Morgan fingerprint density at radius 2 is 1.73 bits per heavy atom. The molecule has 0 bridgehead atoms. The Kier molecular flexibility index (Phi) is 12.3. The Balaban J connectivity index is 3.53. The second-order valence-corrected chi connectivity index (χ2v) is 5.57. The van der Waals surface area contributed by atoms with Crippen molar-refractivity contribution in [2.24, 2.45) is 0 Å². The molecule has 1 atom stereocenters. The second-order valence-electron chi connectivity index (χ2n) is 5.57. The van der Waals surface area contributed by atoms with E-state index in [-0.39, 0.29) is 12.5 Å². The highest BCUT2D eigenvalue weighted by Gasteiger charge is 2.30. The number of carbonyl (C=O) groups is 1. The Morgan fingerprint density at radius 1 is 1.14 bits per heavy atom. The zero-order valence-electron chi connectivity index (χ0n) is 14.3. The fourth-order valence-electron chi connectivity index (χ4n) is 1.65. The summed E-state index contributed by atoms with van der Waals surface area (Å²) in [7, 11) is 0. The molecule has 0 saturated carbocycles. The Hall–Kier alpha value is -0.760. The third-order valence-corrected chi connectivity index (χ3v) is 3.13. The van der Waals surface area contributed by atoms with Crippen molar-refractivity contribution in [3.63, 3.8) is 0 Å². The maximum atomic E-state index is 13.9. The van der Waals surface area contributed by atoms with Crippen LogP contribution in [0.25, 0.3) is 0 Å². The monoisotopic (exact) mass is 321 g/mol. The van der Waals surface area contributed by atoms with Crippen molar-refractivity contribution < 1.29 is 18.7 Å². The minimum atomic E-state index is -1.24. The van der Waals surface area contributed by atoms with Crippen LogP contribution < -0.4 is 16.0 Å². The summed E-state index contributed by atoms with van der Waals surface area (Å²) in [6.45, 7) is 11.7. The van der Waals surface area contributed by atoms with Gasteiger partial charge in [-0.15, -0.1) is 0 Å². The van der Waals surface area contributed by atoms with Gasteiger partial charge < -0.3 is 25.4 Å². The van der Waals surface area contributed by atoms with Crippen molar-refractivity contribution in [3.8, 4) is 0 Å². The van der Waals surface area contributed by atoms with Crippen LogP contribution >= 0.6 is 0 Å². The Labute approximate surface area is 133 Å². The van der Waals surface area contributed by atoms with Gasteiger partial charge in [-0.2, -0.15) is 0 Å². The van der Waals surface area contributed by atoms with E-state index in [0.717, 1.165) is 19.6 Å². The number of halogens is 1. The normalized spacial score (nSPS) is 13.1. The van der Waals surface area contributed by atoms with E-state index in [1.165, 1.54) is 6.92 Å². The molecule has 3 N–H and O–H groups in total. The number of nitrogens with one attached hydrogen (secondary N) is 3. The molecule has 1 unspecified atom stereocenters. The van der Waals surface area contributed by atoms with Crippen LogP contribution in [-0.4, -0.2) is 70.2 Å². The molecule has 0 spiro atoms. The van der Waals surface area contributed by atoms with Crippen LogP contribution in [0.1, 0.15) is 27.7 Å². The number of hydrogen-bond donors (Lipinski definition) is 3. The van der Waals surface area contributed by atoms with E-state index in [0.29, 0.717) is 26.4 Å². The van der Waals surface area contributed by atoms with Crippen LogP contribution in [0, 0.1) is 0 Å². The van der Waals surface area contributed by atoms with Crippen LogP contribution in [-0.2, 0) is 14.3 Å². The Morgan fingerprint density at radius 3 is 2.32 bits per heavy atom. The van der Waals surface area contributed by atoms with Gasteiger partial charge in [0.25, 0.3) is 0 Å². The molecule has 22 heavy (non-hydrogen) atoms. The molecule has 0 aliphatic carbocycles. The van der Waals surface area contributed by atoms with Gasteiger partial charge >= 0.3 is 0 Å². The van der Waals surface area contributed by atoms with Crippen LogP contribution in [0.5, 0.6) is 0 Å². The fourth-order valence-corrected chi connectivity index (χ4v) is 1.65. The smallest absolute Gasteiger partial charge is 0.216 e. The molecule has 0 fully saturated rings. The average Bonchev–Trinajstić information content (AvgIpc) is 2.46. The predicted octanol–water partition coefficient (Wildman–Crippen LogP) is 0.472. The first-order chi connectivity index (χ1) is 10.4. The summed E-state index contributed by atoms with van der Waals surface area (Å²) in [6.07, 6.45) is -1.24. The summed E-state index contributed by atoms with van der Waals surface area (Å²) in [6, 6.07) is 0. The standard InChI is InChI=1S/C15H32FN3O3/c1-5-17-6-9-21-10-7-18-8-11-22-15(3,4)14(16)12-19-13(2)20/h14,17-18H,5-12H2,1-4H3,(H,19,20). The van der Waals surface area contributed by atoms with Crippen LogP contribution in [0.3, 0.4) is 0 Å². The molecule has 6 nitrogen and oxygen atoms in total. The van der Waals surface area contributed by atoms with Gasteiger partial charge in [0.2, 0.25) is 5.91 Å². The van der Waals surface area contributed by atoms with Gasteiger partial charge in [-0.1, -0.05) is 6.92 Å². The summed E-state index contributed by atoms with van der Waals surface area (Å²) >= 11 is 0. The van der Waals surface area contributed by atoms with Gasteiger partial charge in [0.1, 0.15) is 6.17 Å². The van der Waals surface area contributed by atoms with E-state index in [4.69, 9.17) is 9.47 Å². The molecular weight excluding hydrogens is 289 g/mol. The lowest BCUT2D eigenvalue weighted by Gasteiger charge is -2.29.